The number of aryl methyl sites for hydroxylation is 1. The Morgan fingerprint density at radius 2 is 2.20 bits per heavy atom. The summed E-state index contributed by atoms with van der Waals surface area (Å²) >= 11 is 0. The molecule has 0 aliphatic carbocycles. The van der Waals surface area contributed by atoms with Gasteiger partial charge in [0.1, 0.15) is 0 Å². The summed E-state index contributed by atoms with van der Waals surface area (Å²) in [6.07, 6.45) is 5.15. The molecular formula is C18H29N5O2. The summed E-state index contributed by atoms with van der Waals surface area (Å²) in [5, 5.41) is 12.0. The van der Waals surface area contributed by atoms with Crippen LogP contribution < -0.4 is 5.32 Å². The summed E-state index contributed by atoms with van der Waals surface area (Å²) in [7, 11) is 0. The van der Waals surface area contributed by atoms with Gasteiger partial charge in [0.05, 0.1) is 18.3 Å². The fraction of sp³-hybridized carbons (Fsp3) is 0.722. The second kappa shape index (κ2) is 7.25. The van der Waals surface area contributed by atoms with Crippen molar-refractivity contribution in [1.82, 2.24) is 25.2 Å². The minimum atomic E-state index is -0.106. The number of aromatic nitrogens is 4. The highest BCUT2D eigenvalue weighted by Crippen LogP contribution is 2.34. The molecular weight excluding hydrogens is 318 g/mol. The smallest absolute Gasteiger partial charge is 0.243 e. The third-order valence-corrected chi connectivity index (χ3v) is 4.69. The first-order chi connectivity index (χ1) is 11.9. The van der Waals surface area contributed by atoms with Gasteiger partial charge in [-0.15, -0.1) is 0 Å². The van der Waals surface area contributed by atoms with Gasteiger partial charge in [-0.05, 0) is 20.3 Å². The highest BCUT2D eigenvalue weighted by Gasteiger charge is 2.31. The van der Waals surface area contributed by atoms with Crippen LogP contribution in [0.25, 0.3) is 0 Å². The van der Waals surface area contributed by atoms with Crippen LogP contribution >= 0.6 is 0 Å². The maximum atomic E-state index is 5.95. The lowest BCUT2D eigenvalue weighted by Crippen LogP contribution is -2.27. The molecule has 0 saturated carbocycles. The van der Waals surface area contributed by atoms with Crippen molar-refractivity contribution in [3.63, 3.8) is 0 Å². The summed E-state index contributed by atoms with van der Waals surface area (Å²) in [4.78, 5) is 4.53. The molecule has 3 rings (SSSR count). The second-order valence-corrected chi connectivity index (χ2v) is 7.81. The van der Waals surface area contributed by atoms with E-state index in [-0.39, 0.29) is 17.6 Å². The first-order valence-corrected chi connectivity index (χ1v) is 9.10. The van der Waals surface area contributed by atoms with Crippen molar-refractivity contribution in [2.24, 2.45) is 5.92 Å². The van der Waals surface area contributed by atoms with Crippen molar-refractivity contribution >= 4 is 0 Å². The Hall–Kier alpha value is -1.73. The largest absolute Gasteiger partial charge is 0.373 e. The molecule has 1 aliphatic rings. The molecule has 3 atom stereocenters. The quantitative estimate of drug-likeness (QED) is 0.865. The fourth-order valence-electron chi connectivity index (χ4n) is 3.04. The maximum absolute atomic E-state index is 5.95. The molecule has 2 aromatic rings. The van der Waals surface area contributed by atoms with E-state index in [1.165, 1.54) is 0 Å². The molecule has 1 fully saturated rings. The highest BCUT2D eigenvalue weighted by molar-refractivity contribution is 5.11. The Labute approximate surface area is 149 Å². The Morgan fingerprint density at radius 1 is 1.40 bits per heavy atom. The minimum Gasteiger partial charge on any atom is -0.373 e. The first kappa shape index (κ1) is 18.1. The van der Waals surface area contributed by atoms with Crippen LogP contribution in [0.4, 0.5) is 0 Å². The van der Waals surface area contributed by atoms with E-state index in [1.54, 1.807) is 0 Å². The number of nitrogens with one attached hydrogen (secondary N) is 1. The second-order valence-electron chi connectivity index (χ2n) is 7.81. The molecule has 0 aromatic carbocycles. The normalized spacial score (nSPS) is 22.4. The Kier molecular flexibility index (Phi) is 5.24. The highest BCUT2D eigenvalue weighted by atomic mass is 16.5. The molecule has 1 N–H and O–H groups in total. The lowest BCUT2D eigenvalue weighted by Gasteiger charge is -2.19. The molecule has 7 heteroatoms. The monoisotopic (exact) mass is 347 g/mol. The van der Waals surface area contributed by atoms with Gasteiger partial charge in [0.15, 0.2) is 5.82 Å². The average Bonchev–Trinajstić information content (AvgIpc) is 3.30. The van der Waals surface area contributed by atoms with E-state index in [0.717, 1.165) is 37.5 Å². The van der Waals surface area contributed by atoms with Crippen LogP contribution in [0.2, 0.25) is 0 Å². The predicted octanol–water partition coefficient (Wildman–Crippen LogP) is 3.01. The molecule has 25 heavy (non-hydrogen) atoms. The molecule has 0 spiro atoms. The summed E-state index contributed by atoms with van der Waals surface area (Å²) < 4.78 is 13.3. The fourth-order valence-corrected chi connectivity index (χ4v) is 3.04. The number of hydrogen-bond donors (Lipinski definition) is 1. The van der Waals surface area contributed by atoms with E-state index in [2.05, 4.69) is 61.4 Å². The van der Waals surface area contributed by atoms with Crippen LogP contribution in [0, 0.1) is 5.92 Å². The van der Waals surface area contributed by atoms with Crippen LogP contribution in [-0.4, -0.2) is 33.1 Å². The van der Waals surface area contributed by atoms with Crippen molar-refractivity contribution in [3.05, 3.63) is 29.7 Å². The Morgan fingerprint density at radius 3 is 2.84 bits per heavy atom. The third kappa shape index (κ3) is 4.10. The van der Waals surface area contributed by atoms with Gasteiger partial charge in [-0.3, -0.25) is 4.68 Å². The summed E-state index contributed by atoms with van der Waals surface area (Å²) in [5.41, 5.74) is 1.05. The van der Waals surface area contributed by atoms with Crippen molar-refractivity contribution < 1.29 is 9.26 Å². The molecule has 3 heterocycles. The van der Waals surface area contributed by atoms with Gasteiger partial charge in [0, 0.05) is 42.8 Å². The maximum Gasteiger partial charge on any atom is 0.243 e. The van der Waals surface area contributed by atoms with Crippen molar-refractivity contribution in [2.45, 2.75) is 65.1 Å². The summed E-state index contributed by atoms with van der Waals surface area (Å²) in [5.74, 6) is 1.80. The first-order valence-electron chi connectivity index (χ1n) is 9.10. The molecule has 0 radical (unpaired) electrons. The van der Waals surface area contributed by atoms with Gasteiger partial charge in [0.2, 0.25) is 5.89 Å². The number of rotatable bonds is 6. The summed E-state index contributed by atoms with van der Waals surface area (Å²) in [6.45, 7) is 12.9. The molecule has 1 aliphatic heterocycles. The van der Waals surface area contributed by atoms with Gasteiger partial charge in [0.25, 0.3) is 0 Å². The van der Waals surface area contributed by atoms with Crippen molar-refractivity contribution in [3.8, 4) is 0 Å². The number of nitrogens with zero attached hydrogens (tertiary/aromatic N) is 4. The van der Waals surface area contributed by atoms with Crippen LogP contribution in [0.1, 0.15) is 70.5 Å². The van der Waals surface area contributed by atoms with Gasteiger partial charge in [-0.2, -0.15) is 10.1 Å². The van der Waals surface area contributed by atoms with E-state index in [0.29, 0.717) is 11.8 Å². The Bertz CT molecular complexity index is 688. The van der Waals surface area contributed by atoms with E-state index >= 15 is 0 Å². The molecule has 7 nitrogen and oxygen atoms in total. The number of hydrogen-bond acceptors (Lipinski definition) is 6. The lowest BCUT2D eigenvalue weighted by molar-refractivity contribution is 0.0895. The molecule has 0 amide bonds. The zero-order valence-corrected chi connectivity index (χ0v) is 15.8. The van der Waals surface area contributed by atoms with Crippen molar-refractivity contribution in [1.29, 1.82) is 0 Å². The van der Waals surface area contributed by atoms with E-state index < -0.39 is 0 Å². The van der Waals surface area contributed by atoms with Gasteiger partial charge in [-0.25, -0.2) is 0 Å². The zero-order chi connectivity index (χ0) is 18.0. The van der Waals surface area contributed by atoms with Crippen molar-refractivity contribution in [2.75, 3.05) is 13.2 Å². The van der Waals surface area contributed by atoms with Gasteiger partial charge in [-0.1, -0.05) is 25.9 Å². The van der Waals surface area contributed by atoms with E-state index in [1.807, 2.05) is 10.9 Å². The van der Waals surface area contributed by atoms with E-state index in [9.17, 15) is 0 Å². The summed E-state index contributed by atoms with van der Waals surface area (Å²) in [6, 6.07) is 0.0169. The SMILES string of the molecule is CCn1cc(C2OCCC2CNC(C)c2nc(C(C)(C)C)no2)cn1. The predicted molar refractivity (Wildman–Crippen MR) is 94.1 cm³/mol. The molecule has 138 valence electrons. The third-order valence-electron chi connectivity index (χ3n) is 4.69. The molecule has 1 saturated heterocycles. The van der Waals surface area contributed by atoms with Crippen LogP contribution in [0.5, 0.6) is 0 Å². The zero-order valence-electron chi connectivity index (χ0n) is 15.8. The molecule has 0 bridgehead atoms. The standard InChI is InChI=1S/C18H29N5O2/c1-6-23-11-14(10-20-23)15-13(7-8-24-15)9-19-12(2)16-21-17(22-25-16)18(3,4)5/h10-13,15,19H,6-9H2,1-5H3. The number of ether oxygens (including phenoxy) is 1. The van der Waals surface area contributed by atoms with Gasteiger partial charge >= 0.3 is 0 Å². The lowest BCUT2D eigenvalue weighted by atomic mass is 9.96. The van der Waals surface area contributed by atoms with Crippen LogP contribution in [0.3, 0.4) is 0 Å². The minimum absolute atomic E-state index is 0.0169. The topological polar surface area (TPSA) is 78.0 Å². The van der Waals surface area contributed by atoms with Crippen LogP contribution in [-0.2, 0) is 16.7 Å². The molecule has 2 aromatic heterocycles. The van der Waals surface area contributed by atoms with E-state index in [4.69, 9.17) is 9.26 Å². The average molecular weight is 347 g/mol. The molecule has 3 unspecified atom stereocenters. The van der Waals surface area contributed by atoms with Gasteiger partial charge < -0.3 is 14.6 Å². The Balaban J connectivity index is 1.59. The van der Waals surface area contributed by atoms with Crippen LogP contribution in [0.15, 0.2) is 16.9 Å².